The molecule has 0 N–H and O–H groups in total. The number of carbonyl (C=O) groups excluding carboxylic acids is 1. The van der Waals surface area contributed by atoms with Crippen LogP contribution in [0.2, 0.25) is 0 Å². The van der Waals surface area contributed by atoms with Gasteiger partial charge in [0.05, 0.1) is 4.92 Å². The van der Waals surface area contributed by atoms with E-state index in [0.717, 1.165) is 42.6 Å². The maximum Gasteiger partial charge on any atom is 0.269 e. The van der Waals surface area contributed by atoms with Crippen LogP contribution in [0.5, 0.6) is 5.75 Å². The first-order chi connectivity index (χ1) is 11.5. The van der Waals surface area contributed by atoms with E-state index in [1.54, 1.807) is 12.1 Å². The normalized spacial score (nSPS) is 38.7. The first-order valence-electron chi connectivity index (χ1n) is 9.01. The molecule has 5 aliphatic rings. The maximum absolute atomic E-state index is 13.3. The van der Waals surface area contributed by atoms with Gasteiger partial charge in [0.15, 0.2) is 11.9 Å². The molecule has 0 radical (unpaired) electrons. The number of carbonyl (C=O) groups is 1. The van der Waals surface area contributed by atoms with Gasteiger partial charge < -0.3 is 4.74 Å². The molecular formula is C19H21NO4. The van der Waals surface area contributed by atoms with Crippen LogP contribution in [-0.4, -0.2) is 16.8 Å². The van der Waals surface area contributed by atoms with E-state index in [2.05, 4.69) is 0 Å². The Morgan fingerprint density at radius 1 is 1.12 bits per heavy atom. The van der Waals surface area contributed by atoms with Crippen molar-refractivity contribution in [3.8, 4) is 5.75 Å². The third-order valence-electron chi connectivity index (χ3n) is 6.78. The van der Waals surface area contributed by atoms with E-state index in [9.17, 15) is 14.9 Å². The Morgan fingerprint density at radius 2 is 1.75 bits per heavy atom. The molecule has 0 aromatic heterocycles. The van der Waals surface area contributed by atoms with Gasteiger partial charge in [0.1, 0.15) is 5.75 Å². The highest BCUT2D eigenvalue weighted by Gasteiger charge is 2.56. The summed E-state index contributed by atoms with van der Waals surface area (Å²) in [6.45, 7) is 0. The van der Waals surface area contributed by atoms with Crippen LogP contribution in [0.3, 0.4) is 0 Å². The van der Waals surface area contributed by atoms with Crippen molar-refractivity contribution in [2.75, 3.05) is 0 Å². The van der Waals surface area contributed by atoms with E-state index in [4.69, 9.17) is 4.74 Å². The van der Waals surface area contributed by atoms with Gasteiger partial charge in [0.25, 0.3) is 5.69 Å². The summed E-state index contributed by atoms with van der Waals surface area (Å²) in [5.74, 6) is 3.09. The van der Waals surface area contributed by atoms with Crippen molar-refractivity contribution in [2.24, 2.45) is 23.2 Å². The molecule has 6 rings (SSSR count). The SMILES string of the molecule is O=C(C1Cc2cc([N+](=O)[O-])ccc2O1)C12CC3CC(CC(C3)C1)C2. The van der Waals surface area contributed by atoms with Crippen LogP contribution in [0, 0.1) is 33.3 Å². The molecule has 4 bridgehead atoms. The number of benzene rings is 1. The highest BCUT2D eigenvalue weighted by molar-refractivity contribution is 5.90. The lowest BCUT2D eigenvalue weighted by atomic mass is 9.48. The van der Waals surface area contributed by atoms with Gasteiger partial charge in [-0.05, 0) is 62.3 Å². The minimum absolute atomic E-state index is 0.0697. The van der Waals surface area contributed by atoms with Crippen LogP contribution >= 0.6 is 0 Å². The fourth-order valence-corrected chi connectivity index (χ4v) is 6.25. The zero-order valence-electron chi connectivity index (χ0n) is 13.6. The van der Waals surface area contributed by atoms with Gasteiger partial charge in [-0.3, -0.25) is 14.9 Å². The molecule has 1 heterocycles. The van der Waals surface area contributed by atoms with Gasteiger partial charge in [-0.25, -0.2) is 0 Å². The van der Waals surface area contributed by atoms with Crippen LogP contribution in [0.1, 0.15) is 44.1 Å². The quantitative estimate of drug-likeness (QED) is 0.627. The van der Waals surface area contributed by atoms with E-state index in [0.29, 0.717) is 12.2 Å². The first-order valence-corrected chi connectivity index (χ1v) is 9.01. The molecule has 1 atom stereocenters. The lowest BCUT2D eigenvalue weighted by Crippen LogP contribution is -2.53. The molecule has 0 saturated heterocycles. The summed E-state index contributed by atoms with van der Waals surface area (Å²) in [6.07, 6.45) is 7.08. The lowest BCUT2D eigenvalue weighted by molar-refractivity contribution is -0.384. The molecule has 1 aromatic carbocycles. The number of ketones is 1. The van der Waals surface area contributed by atoms with Crippen molar-refractivity contribution in [2.45, 2.75) is 51.0 Å². The van der Waals surface area contributed by atoms with Crippen molar-refractivity contribution < 1.29 is 14.5 Å². The molecule has 5 heteroatoms. The van der Waals surface area contributed by atoms with Crippen LogP contribution in [0.4, 0.5) is 5.69 Å². The van der Waals surface area contributed by atoms with Crippen molar-refractivity contribution in [3.63, 3.8) is 0 Å². The predicted molar refractivity (Wildman–Crippen MR) is 86.8 cm³/mol. The molecule has 1 unspecified atom stereocenters. The van der Waals surface area contributed by atoms with Gasteiger partial charge in [-0.2, -0.15) is 0 Å². The van der Waals surface area contributed by atoms with Gasteiger partial charge in [-0.15, -0.1) is 0 Å². The number of nitro benzene ring substituents is 1. The molecule has 4 fully saturated rings. The molecule has 1 aliphatic heterocycles. The van der Waals surface area contributed by atoms with E-state index in [1.807, 2.05) is 0 Å². The Hall–Kier alpha value is -1.91. The smallest absolute Gasteiger partial charge is 0.269 e. The van der Waals surface area contributed by atoms with Gasteiger partial charge in [0.2, 0.25) is 0 Å². The average molecular weight is 327 g/mol. The van der Waals surface area contributed by atoms with Crippen LogP contribution in [0.15, 0.2) is 18.2 Å². The molecule has 24 heavy (non-hydrogen) atoms. The Kier molecular flexibility index (Phi) is 2.89. The summed E-state index contributed by atoms with van der Waals surface area (Å²) in [7, 11) is 0. The molecule has 4 saturated carbocycles. The fraction of sp³-hybridized carbons (Fsp3) is 0.632. The number of nitrogens with zero attached hydrogens (tertiary/aromatic N) is 1. The van der Waals surface area contributed by atoms with Gasteiger partial charge in [0, 0.05) is 29.5 Å². The van der Waals surface area contributed by atoms with Crippen LogP contribution in [-0.2, 0) is 11.2 Å². The number of fused-ring (bicyclic) bond motifs is 1. The van der Waals surface area contributed by atoms with Crippen LogP contribution < -0.4 is 4.74 Å². The molecule has 0 spiro atoms. The number of non-ortho nitro benzene ring substituents is 1. The minimum Gasteiger partial charge on any atom is -0.482 e. The Balaban J connectivity index is 1.40. The number of hydrogen-bond acceptors (Lipinski definition) is 4. The number of rotatable bonds is 3. The number of ether oxygens (including phenoxy) is 1. The average Bonchev–Trinajstić information content (AvgIpc) is 2.95. The van der Waals surface area contributed by atoms with Gasteiger partial charge in [-0.1, -0.05) is 0 Å². The lowest BCUT2D eigenvalue weighted by Gasteiger charge is -2.56. The van der Waals surface area contributed by atoms with Crippen molar-refractivity contribution >= 4 is 11.5 Å². The summed E-state index contributed by atoms with van der Waals surface area (Å²) in [5.41, 5.74) is 0.695. The summed E-state index contributed by atoms with van der Waals surface area (Å²) in [5, 5.41) is 10.9. The second-order valence-electron chi connectivity index (χ2n) is 8.42. The predicted octanol–water partition coefficient (Wildman–Crippen LogP) is 3.68. The molecule has 0 amide bonds. The van der Waals surface area contributed by atoms with Gasteiger partial charge >= 0.3 is 0 Å². The van der Waals surface area contributed by atoms with E-state index in [1.165, 1.54) is 25.3 Å². The minimum atomic E-state index is -0.446. The monoisotopic (exact) mass is 327 g/mol. The zero-order valence-corrected chi connectivity index (χ0v) is 13.6. The third-order valence-corrected chi connectivity index (χ3v) is 6.78. The highest BCUT2D eigenvalue weighted by Crippen LogP contribution is 2.61. The highest BCUT2D eigenvalue weighted by atomic mass is 16.6. The van der Waals surface area contributed by atoms with Crippen molar-refractivity contribution in [1.82, 2.24) is 0 Å². The van der Waals surface area contributed by atoms with Crippen molar-refractivity contribution in [3.05, 3.63) is 33.9 Å². The van der Waals surface area contributed by atoms with E-state index >= 15 is 0 Å². The number of Topliss-reactive ketones (excluding diaryl/α,β-unsaturated/α-hetero) is 1. The molecule has 126 valence electrons. The standard InChI is InChI=1S/C19H21NO4/c21-18(19-8-11-3-12(9-19)5-13(4-11)10-19)17-7-14-6-15(20(22)23)1-2-16(14)24-17/h1-2,6,11-13,17H,3-5,7-10H2. The second-order valence-corrected chi connectivity index (χ2v) is 8.42. The first kappa shape index (κ1) is 14.4. The van der Waals surface area contributed by atoms with E-state index in [-0.39, 0.29) is 16.9 Å². The molecule has 4 aliphatic carbocycles. The van der Waals surface area contributed by atoms with Crippen LogP contribution in [0.25, 0.3) is 0 Å². The summed E-state index contributed by atoms with van der Waals surface area (Å²) >= 11 is 0. The zero-order chi connectivity index (χ0) is 16.5. The second kappa shape index (κ2) is 4.80. The number of hydrogen-bond donors (Lipinski definition) is 0. The van der Waals surface area contributed by atoms with E-state index < -0.39 is 11.0 Å². The summed E-state index contributed by atoms with van der Waals surface area (Å²) in [6, 6.07) is 4.65. The fourth-order valence-electron chi connectivity index (χ4n) is 6.25. The number of nitro groups is 1. The van der Waals surface area contributed by atoms with Crippen molar-refractivity contribution in [1.29, 1.82) is 0 Å². The Bertz CT molecular complexity index is 706. The third kappa shape index (κ3) is 2.03. The molecule has 5 nitrogen and oxygen atoms in total. The summed E-state index contributed by atoms with van der Waals surface area (Å²) in [4.78, 5) is 23.9. The Morgan fingerprint density at radius 3 is 2.33 bits per heavy atom. The maximum atomic E-state index is 13.3. The molecular weight excluding hydrogens is 306 g/mol. The topological polar surface area (TPSA) is 69.4 Å². The largest absolute Gasteiger partial charge is 0.482 e. The summed E-state index contributed by atoms with van der Waals surface area (Å²) < 4.78 is 5.92. The molecule has 1 aromatic rings. The Labute approximate surface area is 140 Å².